The number of nitrogens with one attached hydrogen (secondary N) is 1. The quantitative estimate of drug-likeness (QED) is 0.390. The van der Waals surface area contributed by atoms with Crippen molar-refractivity contribution in [2.24, 2.45) is 0 Å². The van der Waals surface area contributed by atoms with Gasteiger partial charge in [0.25, 0.3) is 5.91 Å². The lowest BCUT2D eigenvalue weighted by molar-refractivity contribution is -0.166. The van der Waals surface area contributed by atoms with Crippen molar-refractivity contribution in [3.63, 3.8) is 0 Å². The summed E-state index contributed by atoms with van der Waals surface area (Å²) >= 11 is 0. The van der Waals surface area contributed by atoms with Crippen LogP contribution in [0.1, 0.15) is 6.92 Å². The summed E-state index contributed by atoms with van der Waals surface area (Å²) < 4.78 is 34.3. The number of hydrogen-bond donors (Lipinski definition) is 1. The molecule has 0 bridgehead atoms. The first-order valence-corrected chi connectivity index (χ1v) is 3.14. The zero-order valence-electron chi connectivity index (χ0n) is 6.35. The van der Waals surface area contributed by atoms with E-state index in [2.05, 4.69) is 0 Å². The van der Waals surface area contributed by atoms with E-state index in [1.807, 2.05) is 0 Å². The molecule has 0 radical (unpaired) electrons. The molecule has 12 heavy (non-hydrogen) atoms. The minimum absolute atomic E-state index is 0.799. The molecule has 0 aromatic heterocycles. The number of amides is 1. The molecule has 5 heteroatoms. The number of carbonyl (C=O) groups is 1. The van der Waals surface area contributed by atoms with Crippen molar-refractivity contribution >= 4 is 5.91 Å². The molecule has 0 aromatic carbocycles. The maximum absolute atomic E-state index is 11.4. The van der Waals surface area contributed by atoms with Gasteiger partial charge in [0.15, 0.2) is 0 Å². The number of rotatable bonds is 2. The summed E-state index contributed by atoms with van der Waals surface area (Å²) in [7, 11) is 0. The van der Waals surface area contributed by atoms with Crippen molar-refractivity contribution in [3.8, 4) is 0 Å². The molecular formula is C7H8F3NO. The fourth-order valence-electron chi connectivity index (χ4n) is 0.435. The van der Waals surface area contributed by atoms with Crippen LogP contribution in [-0.4, -0.2) is 12.2 Å². The van der Waals surface area contributed by atoms with Crippen molar-refractivity contribution < 1.29 is 18.0 Å². The molecule has 0 unspecified atom stereocenters. The van der Waals surface area contributed by atoms with Crippen molar-refractivity contribution in [1.29, 1.82) is 0 Å². The number of carbonyl (C=O) groups excluding carboxylic acids is 1. The maximum Gasteiger partial charge on any atom is 0.484 e. The average molecular weight is 179 g/mol. The lowest BCUT2D eigenvalue weighted by atomic mass is 10.4. The van der Waals surface area contributed by atoms with Crippen LogP contribution in [0.25, 0.3) is 0 Å². The third-order valence-electron chi connectivity index (χ3n) is 0.816. The zero-order chi connectivity index (χ0) is 9.61. The Morgan fingerprint density at radius 1 is 1.33 bits per heavy atom. The molecule has 0 rings (SSSR count). The van der Waals surface area contributed by atoms with Gasteiger partial charge in [0.2, 0.25) is 0 Å². The zero-order valence-corrected chi connectivity index (χ0v) is 6.35. The Morgan fingerprint density at radius 3 is 2.33 bits per heavy atom. The van der Waals surface area contributed by atoms with E-state index < -0.39 is 12.2 Å². The van der Waals surface area contributed by atoms with Crippen LogP contribution in [0.3, 0.4) is 0 Å². The summed E-state index contributed by atoms with van der Waals surface area (Å²) in [6.07, 6.45) is 0.416. The lowest BCUT2D eigenvalue weighted by Crippen LogP contribution is -2.35. The van der Waals surface area contributed by atoms with E-state index in [4.69, 9.17) is 0 Å². The van der Waals surface area contributed by atoms with Gasteiger partial charge in [-0.05, 0) is 6.92 Å². The van der Waals surface area contributed by atoms with Crippen LogP contribution in [0.4, 0.5) is 13.2 Å². The number of halogens is 3. The summed E-state index contributed by atoms with van der Waals surface area (Å²) in [6.45, 7) is 1.69. The smallest absolute Gasteiger partial charge is 0.270 e. The fraction of sp³-hybridized carbons (Fsp3) is 0.286. The van der Waals surface area contributed by atoms with Gasteiger partial charge >= 0.3 is 6.30 Å². The van der Waals surface area contributed by atoms with Crippen LogP contribution >= 0.6 is 0 Å². The van der Waals surface area contributed by atoms with Gasteiger partial charge in [-0.2, -0.15) is 13.2 Å². The molecule has 0 heterocycles. The van der Waals surface area contributed by atoms with E-state index in [9.17, 15) is 18.0 Å². The first-order chi connectivity index (χ1) is 5.45. The Bertz CT molecular complexity index is 205. The first-order valence-electron chi connectivity index (χ1n) is 3.14. The lowest BCUT2D eigenvalue weighted by Gasteiger charge is -2.04. The molecule has 0 saturated heterocycles. The molecule has 0 fully saturated rings. The van der Waals surface area contributed by atoms with E-state index >= 15 is 0 Å². The van der Waals surface area contributed by atoms with Gasteiger partial charge in [-0.25, -0.2) is 0 Å². The highest BCUT2D eigenvalue weighted by Gasteiger charge is 2.28. The number of allylic oxidation sites excluding steroid dienone is 3. The largest absolute Gasteiger partial charge is 0.484 e. The molecule has 0 aromatic rings. The van der Waals surface area contributed by atoms with Crippen LogP contribution in [-0.2, 0) is 4.79 Å². The summed E-state index contributed by atoms with van der Waals surface area (Å²) in [5, 5.41) is 0.818. The van der Waals surface area contributed by atoms with Gasteiger partial charge in [0, 0.05) is 6.08 Å². The van der Waals surface area contributed by atoms with E-state index in [1.54, 1.807) is 13.0 Å². The minimum Gasteiger partial charge on any atom is -0.270 e. The Hall–Kier alpha value is -1.26. The second kappa shape index (κ2) is 4.58. The Balaban J connectivity index is 3.91. The van der Waals surface area contributed by atoms with Crippen LogP contribution in [0.15, 0.2) is 24.3 Å². The monoisotopic (exact) mass is 179 g/mol. The summed E-state index contributed by atoms with van der Waals surface area (Å²) in [6, 6.07) is 0. The van der Waals surface area contributed by atoms with Crippen molar-refractivity contribution in [1.82, 2.24) is 5.32 Å². The topological polar surface area (TPSA) is 29.1 Å². The van der Waals surface area contributed by atoms with Gasteiger partial charge in [0.05, 0.1) is 0 Å². The summed E-state index contributed by atoms with van der Waals surface area (Å²) in [5.74, 6) is -1.18. The normalized spacial score (nSPS) is 12.7. The maximum atomic E-state index is 11.4. The highest BCUT2D eigenvalue weighted by atomic mass is 19.4. The van der Waals surface area contributed by atoms with Gasteiger partial charge < -0.3 is 0 Å². The van der Waals surface area contributed by atoms with E-state index in [1.165, 1.54) is 12.2 Å². The van der Waals surface area contributed by atoms with Crippen molar-refractivity contribution in [2.75, 3.05) is 0 Å². The van der Waals surface area contributed by atoms with Gasteiger partial charge in [-0.3, -0.25) is 10.1 Å². The molecule has 0 atom stereocenters. The third-order valence-corrected chi connectivity index (χ3v) is 0.816. The molecule has 2 nitrogen and oxygen atoms in total. The van der Waals surface area contributed by atoms with E-state index in [-0.39, 0.29) is 0 Å². The Kier molecular flexibility index (Phi) is 4.10. The fourth-order valence-corrected chi connectivity index (χ4v) is 0.435. The van der Waals surface area contributed by atoms with Gasteiger partial charge in [-0.15, -0.1) is 0 Å². The van der Waals surface area contributed by atoms with Gasteiger partial charge in [-0.1, -0.05) is 18.2 Å². The van der Waals surface area contributed by atoms with E-state index in [0.29, 0.717) is 0 Å². The predicted octanol–water partition coefficient (Wildman–Crippen LogP) is 1.75. The third kappa shape index (κ3) is 6.85. The summed E-state index contributed by atoms with van der Waals surface area (Å²) in [4.78, 5) is 10.4. The molecule has 0 aliphatic carbocycles. The summed E-state index contributed by atoms with van der Waals surface area (Å²) in [5.41, 5.74) is 0. The number of hydrogen-bond acceptors (Lipinski definition) is 1. The Morgan fingerprint density at radius 2 is 1.92 bits per heavy atom. The molecule has 0 aliphatic rings. The SMILES string of the molecule is C/C=C/C=C/C(=O)NC(F)(F)F. The van der Waals surface area contributed by atoms with Crippen LogP contribution in [0.2, 0.25) is 0 Å². The Labute approximate surface area is 67.8 Å². The molecule has 0 spiro atoms. The second-order valence-electron chi connectivity index (χ2n) is 1.87. The molecular weight excluding hydrogens is 171 g/mol. The minimum atomic E-state index is -4.66. The average Bonchev–Trinajstić information content (AvgIpc) is 1.84. The van der Waals surface area contributed by atoms with Crippen molar-refractivity contribution in [3.05, 3.63) is 24.3 Å². The van der Waals surface area contributed by atoms with E-state index in [0.717, 1.165) is 11.4 Å². The van der Waals surface area contributed by atoms with Crippen LogP contribution in [0, 0.1) is 0 Å². The molecule has 1 amide bonds. The highest BCUT2D eigenvalue weighted by molar-refractivity contribution is 5.87. The first kappa shape index (κ1) is 10.7. The highest BCUT2D eigenvalue weighted by Crippen LogP contribution is 2.08. The number of alkyl halides is 3. The van der Waals surface area contributed by atoms with Crippen LogP contribution < -0.4 is 5.32 Å². The molecule has 68 valence electrons. The molecule has 0 aliphatic heterocycles. The van der Waals surface area contributed by atoms with Crippen molar-refractivity contribution in [2.45, 2.75) is 13.2 Å². The predicted molar refractivity (Wildman–Crippen MR) is 38.2 cm³/mol. The molecule has 0 saturated carbocycles. The standard InChI is InChI=1S/C7H8F3NO/c1-2-3-4-5-6(12)11-7(8,9)10/h2-5H,1H3,(H,11,12)/b3-2+,5-4+. The second-order valence-corrected chi connectivity index (χ2v) is 1.87. The molecule has 1 N–H and O–H groups in total. The van der Waals surface area contributed by atoms with Gasteiger partial charge in [0.1, 0.15) is 0 Å². The van der Waals surface area contributed by atoms with Crippen LogP contribution in [0.5, 0.6) is 0 Å².